The van der Waals surface area contributed by atoms with Gasteiger partial charge in [0.2, 0.25) is 0 Å². The molecule has 4 heteroatoms. The highest BCUT2D eigenvalue weighted by atomic mass is 16.1. The van der Waals surface area contributed by atoms with Gasteiger partial charge in [-0.3, -0.25) is 9.13 Å². The summed E-state index contributed by atoms with van der Waals surface area (Å²) in [6.07, 6.45) is 5.80. The van der Waals surface area contributed by atoms with E-state index in [1.54, 1.807) is 21.5 Å². The SMILES string of the molecule is CCCn1ccn(CCCC#N)c1=O. The molecule has 0 spiro atoms. The number of hydrogen-bond acceptors (Lipinski definition) is 2. The van der Waals surface area contributed by atoms with Crippen molar-refractivity contribution < 1.29 is 0 Å². The maximum atomic E-state index is 11.6. The fraction of sp³-hybridized carbons (Fsp3) is 0.600. The Labute approximate surface area is 83.4 Å². The normalized spacial score (nSPS) is 10.0. The van der Waals surface area contributed by atoms with Crippen LogP contribution < -0.4 is 5.69 Å². The number of imidazole rings is 1. The van der Waals surface area contributed by atoms with E-state index in [0.717, 1.165) is 19.4 Å². The third-order valence-electron chi connectivity index (χ3n) is 2.07. The molecule has 1 aromatic heterocycles. The molecular formula is C10H15N3O. The first-order valence-corrected chi connectivity index (χ1v) is 4.92. The zero-order valence-electron chi connectivity index (χ0n) is 8.44. The Morgan fingerprint density at radius 1 is 1.36 bits per heavy atom. The zero-order chi connectivity index (χ0) is 10.4. The van der Waals surface area contributed by atoms with E-state index >= 15 is 0 Å². The lowest BCUT2D eigenvalue weighted by molar-refractivity contribution is 0.585. The molecule has 1 rings (SSSR count). The minimum absolute atomic E-state index is 0.0322. The smallest absolute Gasteiger partial charge is 0.299 e. The molecule has 0 aliphatic heterocycles. The second-order valence-corrected chi connectivity index (χ2v) is 3.23. The lowest BCUT2D eigenvalue weighted by Crippen LogP contribution is -2.23. The molecule has 0 amide bonds. The van der Waals surface area contributed by atoms with Crippen molar-refractivity contribution in [1.29, 1.82) is 5.26 Å². The maximum absolute atomic E-state index is 11.6. The molecule has 4 nitrogen and oxygen atoms in total. The van der Waals surface area contributed by atoms with Crippen molar-refractivity contribution >= 4 is 0 Å². The van der Waals surface area contributed by atoms with E-state index in [1.807, 2.05) is 6.92 Å². The van der Waals surface area contributed by atoms with Gasteiger partial charge in [0.05, 0.1) is 6.07 Å². The molecule has 0 aromatic carbocycles. The second-order valence-electron chi connectivity index (χ2n) is 3.23. The molecule has 0 saturated carbocycles. The van der Waals surface area contributed by atoms with Crippen molar-refractivity contribution in [3.63, 3.8) is 0 Å². The molecule has 1 heterocycles. The highest BCUT2D eigenvalue weighted by molar-refractivity contribution is 4.81. The standard InChI is InChI=1S/C10H15N3O/c1-2-6-12-8-9-13(10(12)14)7-4-3-5-11/h8-9H,2-4,6-7H2,1H3. The molecule has 0 N–H and O–H groups in total. The van der Waals surface area contributed by atoms with Gasteiger partial charge in [-0.15, -0.1) is 0 Å². The van der Waals surface area contributed by atoms with E-state index < -0.39 is 0 Å². The van der Waals surface area contributed by atoms with Gasteiger partial charge in [0.25, 0.3) is 0 Å². The van der Waals surface area contributed by atoms with Gasteiger partial charge in [-0.05, 0) is 12.8 Å². The highest BCUT2D eigenvalue weighted by Crippen LogP contribution is 1.93. The van der Waals surface area contributed by atoms with Gasteiger partial charge in [0.15, 0.2) is 0 Å². The molecule has 0 aliphatic rings. The molecule has 0 fully saturated rings. The minimum atomic E-state index is 0.0322. The van der Waals surface area contributed by atoms with Crippen LogP contribution in [0.2, 0.25) is 0 Å². The quantitative estimate of drug-likeness (QED) is 0.663. The summed E-state index contributed by atoms with van der Waals surface area (Å²) in [4.78, 5) is 11.6. The average Bonchev–Trinajstić information content (AvgIpc) is 2.51. The van der Waals surface area contributed by atoms with Crippen LogP contribution in [0, 0.1) is 11.3 Å². The Morgan fingerprint density at radius 2 is 2.00 bits per heavy atom. The van der Waals surface area contributed by atoms with Crippen LogP contribution in [0.25, 0.3) is 0 Å². The van der Waals surface area contributed by atoms with Crippen molar-refractivity contribution in [2.24, 2.45) is 0 Å². The summed E-state index contributed by atoms with van der Waals surface area (Å²) in [7, 11) is 0. The summed E-state index contributed by atoms with van der Waals surface area (Å²) in [5.41, 5.74) is 0.0322. The monoisotopic (exact) mass is 193 g/mol. The van der Waals surface area contributed by atoms with Crippen LogP contribution in [0.5, 0.6) is 0 Å². The highest BCUT2D eigenvalue weighted by Gasteiger charge is 2.00. The summed E-state index contributed by atoms with van der Waals surface area (Å²) >= 11 is 0. The average molecular weight is 193 g/mol. The van der Waals surface area contributed by atoms with Crippen LogP contribution in [0.15, 0.2) is 17.2 Å². The molecule has 0 bridgehead atoms. The summed E-state index contributed by atoms with van der Waals surface area (Å²) in [6, 6.07) is 2.07. The Hall–Kier alpha value is -1.50. The van der Waals surface area contributed by atoms with Crippen LogP contribution in [0.4, 0.5) is 0 Å². The first kappa shape index (κ1) is 10.6. The summed E-state index contributed by atoms with van der Waals surface area (Å²) in [5, 5.41) is 8.36. The van der Waals surface area contributed by atoms with Gasteiger partial charge in [-0.1, -0.05) is 6.92 Å². The molecule has 0 unspecified atom stereocenters. The molecule has 1 aromatic rings. The molecular weight excluding hydrogens is 178 g/mol. The van der Waals surface area contributed by atoms with E-state index in [9.17, 15) is 4.79 Å². The van der Waals surface area contributed by atoms with E-state index in [4.69, 9.17) is 5.26 Å². The maximum Gasteiger partial charge on any atom is 0.328 e. The van der Waals surface area contributed by atoms with Crippen LogP contribution >= 0.6 is 0 Å². The van der Waals surface area contributed by atoms with Gasteiger partial charge in [0, 0.05) is 31.9 Å². The van der Waals surface area contributed by atoms with Gasteiger partial charge >= 0.3 is 5.69 Å². The predicted octanol–water partition coefficient (Wildman–Crippen LogP) is 1.36. The number of aryl methyl sites for hydroxylation is 2. The van der Waals surface area contributed by atoms with Crippen molar-refractivity contribution in [2.45, 2.75) is 39.3 Å². The van der Waals surface area contributed by atoms with E-state index in [-0.39, 0.29) is 5.69 Å². The van der Waals surface area contributed by atoms with Crippen molar-refractivity contribution in [1.82, 2.24) is 9.13 Å². The zero-order valence-corrected chi connectivity index (χ0v) is 8.44. The van der Waals surface area contributed by atoms with Gasteiger partial charge < -0.3 is 0 Å². The Balaban J connectivity index is 2.61. The van der Waals surface area contributed by atoms with Crippen molar-refractivity contribution in [3.8, 4) is 6.07 Å². The Bertz CT molecular complexity index is 369. The molecule has 0 saturated heterocycles. The number of nitrogens with zero attached hydrogens (tertiary/aromatic N) is 3. The summed E-state index contributed by atoms with van der Waals surface area (Å²) in [6.45, 7) is 3.45. The first-order valence-electron chi connectivity index (χ1n) is 4.92. The Morgan fingerprint density at radius 3 is 2.57 bits per heavy atom. The van der Waals surface area contributed by atoms with Gasteiger partial charge in [-0.2, -0.15) is 5.26 Å². The van der Waals surface area contributed by atoms with Crippen LogP contribution in [-0.4, -0.2) is 9.13 Å². The molecule has 76 valence electrons. The largest absolute Gasteiger partial charge is 0.328 e. The van der Waals surface area contributed by atoms with E-state index in [1.165, 1.54) is 0 Å². The molecule has 0 aliphatic carbocycles. The number of rotatable bonds is 5. The second kappa shape index (κ2) is 5.28. The van der Waals surface area contributed by atoms with Gasteiger partial charge in [0.1, 0.15) is 0 Å². The van der Waals surface area contributed by atoms with Crippen LogP contribution in [0.3, 0.4) is 0 Å². The van der Waals surface area contributed by atoms with Crippen LogP contribution in [0.1, 0.15) is 26.2 Å². The first-order chi connectivity index (χ1) is 6.79. The lowest BCUT2D eigenvalue weighted by Gasteiger charge is -1.98. The number of aromatic nitrogens is 2. The fourth-order valence-corrected chi connectivity index (χ4v) is 1.36. The van der Waals surface area contributed by atoms with E-state index in [0.29, 0.717) is 13.0 Å². The fourth-order valence-electron chi connectivity index (χ4n) is 1.36. The summed E-state index contributed by atoms with van der Waals surface area (Å²) in [5.74, 6) is 0. The topological polar surface area (TPSA) is 50.7 Å². The van der Waals surface area contributed by atoms with E-state index in [2.05, 4.69) is 6.07 Å². The van der Waals surface area contributed by atoms with Crippen molar-refractivity contribution in [2.75, 3.05) is 0 Å². The number of hydrogen-bond donors (Lipinski definition) is 0. The molecule has 14 heavy (non-hydrogen) atoms. The predicted molar refractivity (Wildman–Crippen MR) is 53.8 cm³/mol. The Kier molecular flexibility index (Phi) is 3.99. The third-order valence-corrected chi connectivity index (χ3v) is 2.07. The summed E-state index contributed by atoms with van der Waals surface area (Å²) < 4.78 is 3.36. The lowest BCUT2D eigenvalue weighted by atomic mass is 10.3. The number of unbranched alkanes of at least 4 members (excludes halogenated alkanes) is 1. The number of nitriles is 1. The molecule has 0 atom stereocenters. The minimum Gasteiger partial charge on any atom is -0.299 e. The van der Waals surface area contributed by atoms with Crippen LogP contribution in [-0.2, 0) is 13.1 Å². The van der Waals surface area contributed by atoms with Crippen molar-refractivity contribution in [3.05, 3.63) is 22.9 Å². The van der Waals surface area contributed by atoms with Gasteiger partial charge in [-0.25, -0.2) is 4.79 Å². The molecule has 0 radical (unpaired) electrons. The third kappa shape index (κ3) is 2.49.